The SMILES string of the molecule is NCc1nc(S(N)(=O)=O)cc(C(F)F)c1C(F)(F)F. The van der Waals surface area contributed by atoms with Crippen molar-refractivity contribution in [1.82, 2.24) is 4.98 Å². The fraction of sp³-hybridized carbons (Fsp3) is 0.375. The molecule has 0 saturated carbocycles. The van der Waals surface area contributed by atoms with E-state index in [9.17, 15) is 30.4 Å². The number of primary sulfonamides is 1. The number of hydrogen-bond donors (Lipinski definition) is 2. The van der Waals surface area contributed by atoms with Gasteiger partial charge in [0.1, 0.15) is 0 Å². The Morgan fingerprint density at radius 2 is 1.84 bits per heavy atom. The number of aromatic nitrogens is 1. The average Bonchev–Trinajstić information content (AvgIpc) is 2.24. The van der Waals surface area contributed by atoms with Crippen LogP contribution in [0.2, 0.25) is 0 Å². The van der Waals surface area contributed by atoms with Crippen molar-refractivity contribution in [2.45, 2.75) is 24.2 Å². The summed E-state index contributed by atoms with van der Waals surface area (Å²) in [6.07, 6.45) is -8.69. The van der Waals surface area contributed by atoms with E-state index in [-0.39, 0.29) is 6.07 Å². The molecule has 0 aromatic carbocycles. The largest absolute Gasteiger partial charge is 0.418 e. The van der Waals surface area contributed by atoms with Gasteiger partial charge in [-0.3, -0.25) is 0 Å². The first-order chi connectivity index (χ1) is 8.48. The summed E-state index contributed by atoms with van der Waals surface area (Å²) in [4.78, 5) is 3.08. The molecule has 0 atom stereocenters. The van der Waals surface area contributed by atoms with Gasteiger partial charge in [0.05, 0.1) is 11.3 Å². The molecule has 0 unspecified atom stereocenters. The standard InChI is InChI=1S/C8H8F5N3O2S/c9-7(10)3-1-5(19(15,17)18)16-4(2-14)6(3)8(11,12)13/h1,7H,2,14H2,(H2,15,17,18). The normalized spacial score (nSPS) is 13.1. The van der Waals surface area contributed by atoms with E-state index < -0.39 is 51.0 Å². The van der Waals surface area contributed by atoms with Gasteiger partial charge < -0.3 is 5.73 Å². The van der Waals surface area contributed by atoms with Crippen LogP contribution >= 0.6 is 0 Å². The number of halogens is 5. The predicted molar refractivity (Wildman–Crippen MR) is 53.5 cm³/mol. The molecule has 1 heterocycles. The summed E-state index contributed by atoms with van der Waals surface area (Å²) in [5.74, 6) is 0. The molecule has 1 aromatic rings. The Labute approximate surface area is 104 Å². The van der Waals surface area contributed by atoms with Gasteiger partial charge in [-0.15, -0.1) is 0 Å². The highest BCUT2D eigenvalue weighted by atomic mass is 32.2. The summed E-state index contributed by atoms with van der Waals surface area (Å²) >= 11 is 0. The van der Waals surface area contributed by atoms with Crippen molar-refractivity contribution in [3.05, 3.63) is 22.9 Å². The predicted octanol–water partition coefficient (Wildman–Crippen LogP) is 1.14. The van der Waals surface area contributed by atoms with Gasteiger partial charge in [-0.1, -0.05) is 0 Å². The highest BCUT2D eigenvalue weighted by Gasteiger charge is 2.39. The van der Waals surface area contributed by atoms with Crippen LogP contribution in [0.25, 0.3) is 0 Å². The van der Waals surface area contributed by atoms with E-state index in [1.807, 2.05) is 0 Å². The third-order valence-electron chi connectivity index (χ3n) is 2.10. The third-order valence-corrected chi connectivity index (χ3v) is 2.90. The van der Waals surface area contributed by atoms with Gasteiger partial charge in [0.2, 0.25) is 0 Å². The minimum absolute atomic E-state index is 0.0992. The molecule has 0 aliphatic heterocycles. The fourth-order valence-corrected chi connectivity index (χ4v) is 1.91. The van der Waals surface area contributed by atoms with E-state index in [1.54, 1.807) is 0 Å². The zero-order valence-electron chi connectivity index (χ0n) is 9.08. The van der Waals surface area contributed by atoms with Crippen LogP contribution in [-0.4, -0.2) is 13.4 Å². The van der Waals surface area contributed by atoms with Crippen molar-refractivity contribution in [2.75, 3.05) is 0 Å². The molecular weight excluding hydrogens is 297 g/mol. The number of sulfonamides is 1. The lowest BCUT2D eigenvalue weighted by molar-refractivity contribution is -0.140. The van der Waals surface area contributed by atoms with Gasteiger partial charge in [0, 0.05) is 12.1 Å². The zero-order valence-corrected chi connectivity index (χ0v) is 9.89. The monoisotopic (exact) mass is 305 g/mol. The molecule has 4 N–H and O–H groups in total. The summed E-state index contributed by atoms with van der Waals surface area (Å²) < 4.78 is 85.3. The van der Waals surface area contributed by atoms with Crippen LogP contribution in [0.5, 0.6) is 0 Å². The first-order valence-electron chi connectivity index (χ1n) is 4.60. The Bertz CT molecular complexity index is 585. The second kappa shape index (κ2) is 4.98. The summed E-state index contributed by atoms with van der Waals surface area (Å²) in [5.41, 5.74) is 0.720. The van der Waals surface area contributed by atoms with Gasteiger partial charge in [-0.25, -0.2) is 27.3 Å². The lowest BCUT2D eigenvalue weighted by atomic mass is 10.1. The molecule has 1 rings (SSSR count). The molecule has 108 valence electrons. The lowest BCUT2D eigenvalue weighted by Gasteiger charge is -2.16. The van der Waals surface area contributed by atoms with Crippen molar-refractivity contribution in [1.29, 1.82) is 0 Å². The Hall–Kier alpha value is -1.33. The van der Waals surface area contributed by atoms with Crippen molar-refractivity contribution in [2.24, 2.45) is 10.9 Å². The average molecular weight is 305 g/mol. The third kappa shape index (κ3) is 3.36. The van der Waals surface area contributed by atoms with Crippen LogP contribution < -0.4 is 10.9 Å². The van der Waals surface area contributed by atoms with Gasteiger partial charge in [0.25, 0.3) is 16.4 Å². The maximum atomic E-state index is 12.7. The Balaban J connectivity index is 3.74. The quantitative estimate of drug-likeness (QED) is 0.818. The summed E-state index contributed by atoms with van der Waals surface area (Å²) in [6, 6.07) is 0.0992. The second-order valence-electron chi connectivity index (χ2n) is 3.42. The molecule has 0 fully saturated rings. The van der Waals surface area contributed by atoms with Crippen LogP contribution in [0.1, 0.15) is 23.2 Å². The summed E-state index contributed by atoms with van der Waals surface area (Å²) in [5, 5.41) is 3.56. The smallest absolute Gasteiger partial charge is 0.325 e. The molecule has 19 heavy (non-hydrogen) atoms. The molecule has 0 saturated heterocycles. The highest BCUT2D eigenvalue weighted by Crippen LogP contribution is 2.38. The molecule has 0 bridgehead atoms. The van der Waals surface area contributed by atoms with E-state index in [0.717, 1.165) is 0 Å². The van der Waals surface area contributed by atoms with Gasteiger partial charge in [-0.2, -0.15) is 13.2 Å². The topological polar surface area (TPSA) is 99.1 Å². The number of nitrogens with zero attached hydrogens (tertiary/aromatic N) is 1. The van der Waals surface area contributed by atoms with Crippen molar-refractivity contribution < 1.29 is 30.4 Å². The maximum Gasteiger partial charge on any atom is 0.418 e. The van der Waals surface area contributed by atoms with E-state index in [2.05, 4.69) is 10.1 Å². The Morgan fingerprint density at radius 3 is 2.16 bits per heavy atom. The number of alkyl halides is 5. The van der Waals surface area contributed by atoms with E-state index in [0.29, 0.717) is 0 Å². The zero-order chi connectivity index (χ0) is 15.0. The molecule has 0 aliphatic carbocycles. The molecule has 0 spiro atoms. The number of pyridine rings is 1. The first kappa shape index (κ1) is 15.7. The van der Waals surface area contributed by atoms with Crippen molar-refractivity contribution in [3.63, 3.8) is 0 Å². The molecule has 5 nitrogen and oxygen atoms in total. The van der Waals surface area contributed by atoms with Gasteiger partial charge in [0.15, 0.2) is 5.03 Å². The van der Waals surface area contributed by atoms with Crippen LogP contribution in [0.4, 0.5) is 22.0 Å². The first-order valence-corrected chi connectivity index (χ1v) is 6.15. The Morgan fingerprint density at radius 1 is 1.32 bits per heavy atom. The number of hydrogen-bond acceptors (Lipinski definition) is 4. The lowest BCUT2D eigenvalue weighted by Crippen LogP contribution is -2.22. The van der Waals surface area contributed by atoms with E-state index in [1.165, 1.54) is 0 Å². The minimum atomic E-state index is -5.13. The number of nitrogens with two attached hydrogens (primary N) is 2. The van der Waals surface area contributed by atoms with E-state index >= 15 is 0 Å². The number of rotatable bonds is 3. The molecule has 0 radical (unpaired) electrons. The molecular formula is C8H8F5N3O2S. The molecule has 0 aliphatic rings. The summed E-state index contributed by atoms with van der Waals surface area (Å²) in [7, 11) is -4.52. The maximum absolute atomic E-state index is 12.7. The van der Waals surface area contributed by atoms with Crippen LogP contribution in [0.3, 0.4) is 0 Å². The Kier molecular flexibility index (Phi) is 4.12. The van der Waals surface area contributed by atoms with Crippen LogP contribution in [0.15, 0.2) is 11.1 Å². The minimum Gasteiger partial charge on any atom is -0.325 e. The highest BCUT2D eigenvalue weighted by molar-refractivity contribution is 7.89. The van der Waals surface area contributed by atoms with Crippen LogP contribution in [-0.2, 0) is 22.7 Å². The van der Waals surface area contributed by atoms with E-state index in [4.69, 9.17) is 5.73 Å². The summed E-state index contributed by atoms with van der Waals surface area (Å²) in [6.45, 7) is -0.863. The van der Waals surface area contributed by atoms with Gasteiger partial charge in [-0.05, 0) is 6.07 Å². The van der Waals surface area contributed by atoms with Crippen molar-refractivity contribution in [3.8, 4) is 0 Å². The second-order valence-corrected chi connectivity index (χ2v) is 4.93. The fourth-order valence-electron chi connectivity index (χ4n) is 1.39. The molecule has 1 aromatic heterocycles. The van der Waals surface area contributed by atoms with Gasteiger partial charge >= 0.3 is 6.18 Å². The molecule has 0 amide bonds. The van der Waals surface area contributed by atoms with Crippen molar-refractivity contribution >= 4 is 10.0 Å². The van der Waals surface area contributed by atoms with Crippen LogP contribution in [0, 0.1) is 0 Å². The molecule has 11 heteroatoms.